The van der Waals surface area contributed by atoms with Gasteiger partial charge in [0.1, 0.15) is 12.1 Å². The van der Waals surface area contributed by atoms with Crippen LogP contribution in [0.5, 0.6) is 0 Å². The third-order valence-electron chi connectivity index (χ3n) is 2.30. The number of nitrogens with one attached hydrogen (secondary N) is 2. The molecular weight excluding hydrogens is 274 g/mol. The first-order chi connectivity index (χ1) is 9.76. The Morgan fingerprint density at radius 1 is 1.38 bits per heavy atom. The molecule has 0 spiro atoms. The zero-order valence-electron chi connectivity index (χ0n) is 12.7. The predicted octanol–water partition coefficient (Wildman–Crippen LogP) is 0.695. The number of nitrogens with two attached hydrogens (primary N) is 1. The average molecular weight is 297 g/mol. The molecule has 118 valence electrons. The minimum Gasteiger partial charge on any atom is -0.444 e. The summed E-state index contributed by atoms with van der Waals surface area (Å²) >= 11 is 0. The highest BCUT2D eigenvalue weighted by molar-refractivity contribution is 5.73. The van der Waals surface area contributed by atoms with Crippen molar-refractivity contribution in [3.63, 3.8) is 0 Å². The normalized spacial score (nSPS) is 11.0. The molecule has 1 rings (SSSR count). The van der Waals surface area contributed by atoms with E-state index < -0.39 is 17.6 Å². The van der Waals surface area contributed by atoms with Gasteiger partial charge in [0, 0.05) is 19.3 Å². The Morgan fingerprint density at radius 3 is 2.71 bits per heavy atom. The number of amides is 2. The number of anilines is 1. The summed E-state index contributed by atoms with van der Waals surface area (Å²) in [6.07, 6.45) is 3.63. The maximum absolute atomic E-state index is 11.4. The first kappa shape index (κ1) is 16.8. The molecule has 0 saturated heterocycles. The van der Waals surface area contributed by atoms with Crippen molar-refractivity contribution in [2.45, 2.75) is 39.3 Å². The van der Waals surface area contributed by atoms with E-state index >= 15 is 0 Å². The second-order valence-corrected chi connectivity index (χ2v) is 5.60. The van der Waals surface area contributed by atoms with Gasteiger partial charge in [0.25, 0.3) is 0 Å². The van der Waals surface area contributed by atoms with Crippen LogP contribution in [0.4, 0.5) is 10.5 Å². The number of carbonyl (C=O) groups excluding carboxylic acids is 2. The topological polar surface area (TPSA) is 111 Å². The maximum atomic E-state index is 11.4. The minimum absolute atomic E-state index is 0.0574. The zero-order chi connectivity index (χ0) is 15.9. The minimum atomic E-state index is -0.489. The number of primary amides is 1. The van der Waals surface area contributed by atoms with Crippen LogP contribution < -0.4 is 16.4 Å². The van der Waals surface area contributed by atoms with Crippen LogP contribution in [0.3, 0.4) is 0 Å². The van der Waals surface area contributed by atoms with Gasteiger partial charge in [-0.15, -0.1) is 0 Å². The van der Waals surface area contributed by atoms with Crippen LogP contribution in [0.1, 0.15) is 27.2 Å². The summed E-state index contributed by atoms with van der Waals surface area (Å²) in [4.78, 5) is 22.1. The Bertz CT molecular complexity index is 478. The first-order valence-corrected chi connectivity index (χ1v) is 6.78. The van der Waals surface area contributed by atoms with Crippen molar-refractivity contribution in [2.24, 2.45) is 5.73 Å². The van der Waals surface area contributed by atoms with E-state index in [1.807, 2.05) is 20.8 Å². The Balaban J connectivity index is 2.15. The van der Waals surface area contributed by atoms with Gasteiger partial charge in [-0.2, -0.15) is 5.10 Å². The molecule has 0 aliphatic carbocycles. The molecule has 1 heterocycles. The largest absolute Gasteiger partial charge is 0.444 e. The van der Waals surface area contributed by atoms with Crippen LogP contribution >= 0.6 is 0 Å². The number of rotatable bonds is 7. The second kappa shape index (κ2) is 7.51. The van der Waals surface area contributed by atoms with Gasteiger partial charge in [-0.1, -0.05) is 0 Å². The summed E-state index contributed by atoms with van der Waals surface area (Å²) in [5.74, 6) is -0.439. The van der Waals surface area contributed by atoms with E-state index in [4.69, 9.17) is 10.5 Å². The third-order valence-corrected chi connectivity index (χ3v) is 2.30. The third kappa shape index (κ3) is 7.81. The number of ether oxygens (including phenoxy) is 1. The summed E-state index contributed by atoms with van der Waals surface area (Å²) in [7, 11) is 0. The summed E-state index contributed by atoms with van der Waals surface area (Å²) in [5, 5.41) is 9.79. The number of nitrogens with zero attached hydrogens (tertiary/aromatic N) is 2. The van der Waals surface area contributed by atoms with Gasteiger partial charge in [0.2, 0.25) is 5.91 Å². The quantitative estimate of drug-likeness (QED) is 0.641. The smallest absolute Gasteiger partial charge is 0.407 e. The van der Waals surface area contributed by atoms with Crippen molar-refractivity contribution < 1.29 is 14.3 Å². The molecule has 0 fully saturated rings. The molecule has 2 amide bonds. The summed E-state index contributed by atoms with van der Waals surface area (Å²) in [5.41, 5.74) is 5.38. The van der Waals surface area contributed by atoms with Gasteiger partial charge < -0.3 is 21.1 Å². The lowest BCUT2D eigenvalue weighted by molar-refractivity contribution is -0.118. The van der Waals surface area contributed by atoms with Crippen LogP contribution in [0.2, 0.25) is 0 Å². The Hall–Kier alpha value is -2.25. The van der Waals surface area contributed by atoms with Gasteiger partial charge in [-0.25, -0.2) is 4.79 Å². The number of hydrogen-bond acceptors (Lipinski definition) is 5. The van der Waals surface area contributed by atoms with Crippen molar-refractivity contribution in [1.82, 2.24) is 15.1 Å². The standard InChI is InChI=1S/C13H23N5O3/c1-13(2,3)21-12(20)16-6-4-5-15-10-7-17-18(8-10)9-11(14)19/h7-8,15H,4-6,9H2,1-3H3,(H2,14,19)(H,16,20). The first-order valence-electron chi connectivity index (χ1n) is 6.78. The lowest BCUT2D eigenvalue weighted by Gasteiger charge is -2.19. The molecule has 0 aromatic carbocycles. The molecule has 1 aromatic rings. The van der Waals surface area contributed by atoms with E-state index in [1.165, 1.54) is 4.68 Å². The van der Waals surface area contributed by atoms with Crippen LogP contribution in [0.25, 0.3) is 0 Å². The SMILES string of the molecule is CC(C)(C)OC(=O)NCCCNc1cnn(CC(N)=O)c1. The fraction of sp³-hybridized carbons (Fsp3) is 0.615. The van der Waals surface area contributed by atoms with Gasteiger partial charge in [0.15, 0.2) is 0 Å². The van der Waals surface area contributed by atoms with Gasteiger partial charge in [-0.3, -0.25) is 9.48 Å². The lowest BCUT2D eigenvalue weighted by atomic mass is 10.2. The summed E-state index contributed by atoms with van der Waals surface area (Å²) < 4.78 is 6.58. The van der Waals surface area contributed by atoms with Gasteiger partial charge in [0.05, 0.1) is 11.9 Å². The van der Waals surface area contributed by atoms with Crippen LogP contribution in [-0.2, 0) is 16.1 Å². The van der Waals surface area contributed by atoms with Gasteiger partial charge in [-0.05, 0) is 27.2 Å². The van der Waals surface area contributed by atoms with Crippen molar-refractivity contribution in [3.8, 4) is 0 Å². The molecule has 0 bridgehead atoms. The molecular formula is C13H23N5O3. The Kier molecular flexibility index (Phi) is 6.01. The van der Waals surface area contributed by atoms with E-state index in [0.29, 0.717) is 13.1 Å². The average Bonchev–Trinajstić information content (AvgIpc) is 2.73. The van der Waals surface area contributed by atoms with Crippen LogP contribution in [0.15, 0.2) is 12.4 Å². The van der Waals surface area contributed by atoms with Crippen molar-refractivity contribution in [1.29, 1.82) is 0 Å². The molecule has 0 aliphatic heterocycles. The molecule has 1 aromatic heterocycles. The molecule has 21 heavy (non-hydrogen) atoms. The highest BCUT2D eigenvalue weighted by Crippen LogP contribution is 2.06. The highest BCUT2D eigenvalue weighted by Gasteiger charge is 2.15. The number of aromatic nitrogens is 2. The molecule has 8 heteroatoms. The van der Waals surface area contributed by atoms with E-state index in [2.05, 4.69) is 15.7 Å². The van der Waals surface area contributed by atoms with E-state index in [1.54, 1.807) is 12.4 Å². The fourth-order valence-electron chi connectivity index (χ4n) is 1.53. The van der Waals surface area contributed by atoms with Crippen LogP contribution in [0, 0.1) is 0 Å². The maximum Gasteiger partial charge on any atom is 0.407 e. The van der Waals surface area contributed by atoms with E-state index in [-0.39, 0.29) is 6.54 Å². The lowest BCUT2D eigenvalue weighted by Crippen LogP contribution is -2.33. The molecule has 0 unspecified atom stereocenters. The highest BCUT2D eigenvalue weighted by atomic mass is 16.6. The Labute approximate surface area is 124 Å². The van der Waals surface area contributed by atoms with E-state index in [9.17, 15) is 9.59 Å². The summed E-state index contributed by atoms with van der Waals surface area (Å²) in [6.45, 7) is 6.69. The van der Waals surface area contributed by atoms with Crippen LogP contribution in [-0.4, -0.2) is 40.5 Å². The fourth-order valence-corrected chi connectivity index (χ4v) is 1.53. The molecule has 0 aliphatic rings. The number of alkyl carbamates (subject to hydrolysis) is 1. The predicted molar refractivity (Wildman–Crippen MR) is 78.8 cm³/mol. The molecule has 8 nitrogen and oxygen atoms in total. The number of hydrogen-bond donors (Lipinski definition) is 3. The zero-order valence-corrected chi connectivity index (χ0v) is 12.7. The van der Waals surface area contributed by atoms with Crippen molar-refractivity contribution in [2.75, 3.05) is 18.4 Å². The Morgan fingerprint density at radius 2 is 2.10 bits per heavy atom. The number of carbonyl (C=O) groups is 2. The summed E-state index contributed by atoms with van der Waals surface area (Å²) in [6, 6.07) is 0. The van der Waals surface area contributed by atoms with E-state index in [0.717, 1.165) is 12.1 Å². The van der Waals surface area contributed by atoms with Crippen molar-refractivity contribution >= 4 is 17.7 Å². The van der Waals surface area contributed by atoms with Crippen molar-refractivity contribution in [3.05, 3.63) is 12.4 Å². The molecule has 4 N–H and O–H groups in total. The molecule has 0 saturated carbocycles. The monoisotopic (exact) mass is 297 g/mol. The van der Waals surface area contributed by atoms with Gasteiger partial charge >= 0.3 is 6.09 Å². The second-order valence-electron chi connectivity index (χ2n) is 5.60. The molecule has 0 atom stereocenters. The molecule has 0 radical (unpaired) electrons.